The van der Waals surface area contributed by atoms with Crippen LogP contribution in [-0.2, 0) is 7.05 Å². The molecule has 0 aliphatic heterocycles. The number of pyridine rings is 1. The van der Waals surface area contributed by atoms with Gasteiger partial charge in [0.25, 0.3) is 5.56 Å². The summed E-state index contributed by atoms with van der Waals surface area (Å²) in [5.74, 6) is 1.55. The molecule has 2 aromatic carbocycles. The maximum absolute atomic E-state index is 12.0. The van der Waals surface area contributed by atoms with Crippen molar-refractivity contribution in [3.05, 3.63) is 89.1 Å². The number of hydrogen-bond donors (Lipinski definition) is 0. The SMILES string of the molecule is CCOc1cc(=O)n(C)cc1-c1cnn(-c2ccccc2Oc2ccccc2C#N)c1. The van der Waals surface area contributed by atoms with Crippen LogP contribution in [0.5, 0.6) is 17.2 Å². The lowest BCUT2D eigenvalue weighted by Gasteiger charge is -2.12. The highest BCUT2D eigenvalue weighted by Crippen LogP contribution is 2.32. The lowest BCUT2D eigenvalue weighted by molar-refractivity contribution is 0.340. The van der Waals surface area contributed by atoms with Crippen molar-refractivity contribution in [3.63, 3.8) is 0 Å². The topological polar surface area (TPSA) is 82.1 Å². The molecule has 0 unspecified atom stereocenters. The van der Waals surface area contributed by atoms with E-state index in [1.165, 1.54) is 10.6 Å². The van der Waals surface area contributed by atoms with Gasteiger partial charge >= 0.3 is 0 Å². The Labute approximate surface area is 179 Å². The van der Waals surface area contributed by atoms with Crippen molar-refractivity contribution in [1.82, 2.24) is 14.3 Å². The van der Waals surface area contributed by atoms with E-state index in [1.54, 1.807) is 42.3 Å². The largest absolute Gasteiger partial charge is 0.493 e. The molecular weight excluding hydrogens is 392 g/mol. The summed E-state index contributed by atoms with van der Waals surface area (Å²) in [6, 6.07) is 18.1. The fraction of sp³-hybridized carbons (Fsp3) is 0.125. The van der Waals surface area contributed by atoms with Crippen molar-refractivity contribution in [1.29, 1.82) is 5.26 Å². The highest BCUT2D eigenvalue weighted by molar-refractivity contribution is 5.69. The lowest BCUT2D eigenvalue weighted by Crippen LogP contribution is -2.15. The Morgan fingerprint density at radius 2 is 1.77 bits per heavy atom. The molecule has 4 aromatic rings. The first kappa shape index (κ1) is 20.0. The van der Waals surface area contributed by atoms with E-state index in [0.29, 0.717) is 35.1 Å². The van der Waals surface area contributed by atoms with Crippen LogP contribution in [0.2, 0.25) is 0 Å². The number of nitriles is 1. The van der Waals surface area contributed by atoms with Crippen LogP contribution in [0.3, 0.4) is 0 Å². The molecule has 0 saturated carbocycles. The molecule has 0 aliphatic carbocycles. The minimum atomic E-state index is -0.144. The van der Waals surface area contributed by atoms with E-state index in [4.69, 9.17) is 9.47 Å². The zero-order valence-electron chi connectivity index (χ0n) is 17.1. The van der Waals surface area contributed by atoms with Gasteiger partial charge < -0.3 is 14.0 Å². The number of nitrogens with zero attached hydrogens (tertiary/aromatic N) is 4. The third-order valence-electron chi connectivity index (χ3n) is 4.72. The first-order valence-corrected chi connectivity index (χ1v) is 9.75. The Morgan fingerprint density at radius 3 is 2.55 bits per heavy atom. The van der Waals surface area contributed by atoms with E-state index in [0.717, 1.165) is 11.1 Å². The van der Waals surface area contributed by atoms with E-state index in [2.05, 4.69) is 11.2 Å². The maximum atomic E-state index is 12.0. The van der Waals surface area contributed by atoms with Gasteiger partial charge in [0, 0.05) is 36.6 Å². The van der Waals surface area contributed by atoms with Crippen molar-refractivity contribution in [3.8, 4) is 40.1 Å². The Hall–Kier alpha value is -4.31. The molecule has 0 N–H and O–H groups in total. The summed E-state index contributed by atoms with van der Waals surface area (Å²) < 4.78 is 14.9. The number of aromatic nitrogens is 3. The van der Waals surface area contributed by atoms with E-state index >= 15 is 0 Å². The summed E-state index contributed by atoms with van der Waals surface area (Å²) in [5, 5.41) is 13.8. The van der Waals surface area contributed by atoms with E-state index in [-0.39, 0.29) is 5.56 Å². The van der Waals surface area contributed by atoms with Crippen molar-refractivity contribution in [2.75, 3.05) is 6.61 Å². The van der Waals surface area contributed by atoms with Crippen LogP contribution < -0.4 is 15.0 Å². The molecule has 154 valence electrons. The standard InChI is InChI=1S/C24H20N4O3/c1-3-30-23-12-24(29)27(2)16-19(23)18-14-26-28(15-18)20-9-5-7-11-22(20)31-21-10-6-4-8-17(21)13-25/h4-12,14-16H,3H2,1-2H3. The van der Waals surface area contributed by atoms with Crippen molar-refractivity contribution >= 4 is 0 Å². The molecule has 2 heterocycles. The van der Waals surface area contributed by atoms with Gasteiger partial charge in [-0.3, -0.25) is 4.79 Å². The molecule has 0 atom stereocenters. The van der Waals surface area contributed by atoms with Crippen LogP contribution in [-0.4, -0.2) is 21.0 Å². The maximum Gasteiger partial charge on any atom is 0.254 e. The van der Waals surface area contributed by atoms with Crippen LogP contribution >= 0.6 is 0 Å². The van der Waals surface area contributed by atoms with Crippen molar-refractivity contribution in [2.45, 2.75) is 6.92 Å². The predicted molar refractivity (Wildman–Crippen MR) is 117 cm³/mol. The van der Waals surface area contributed by atoms with Gasteiger partial charge in [0.2, 0.25) is 0 Å². The van der Waals surface area contributed by atoms with E-state index in [1.807, 2.05) is 43.5 Å². The molecule has 0 amide bonds. The molecule has 0 bridgehead atoms. The van der Waals surface area contributed by atoms with Gasteiger partial charge in [-0.15, -0.1) is 0 Å². The molecule has 7 heteroatoms. The molecule has 2 aromatic heterocycles. The van der Waals surface area contributed by atoms with E-state index in [9.17, 15) is 10.1 Å². The number of ether oxygens (including phenoxy) is 2. The van der Waals surface area contributed by atoms with Crippen LogP contribution in [0.15, 0.2) is 78.0 Å². The van der Waals surface area contributed by atoms with Gasteiger partial charge in [-0.25, -0.2) is 4.68 Å². The average Bonchev–Trinajstić information content (AvgIpc) is 3.27. The molecule has 4 rings (SSSR count). The Bertz CT molecular complexity index is 1330. The fourth-order valence-electron chi connectivity index (χ4n) is 3.20. The smallest absolute Gasteiger partial charge is 0.254 e. The second-order valence-corrected chi connectivity index (χ2v) is 6.78. The Kier molecular flexibility index (Phi) is 5.54. The molecule has 31 heavy (non-hydrogen) atoms. The molecule has 0 radical (unpaired) electrons. The minimum absolute atomic E-state index is 0.144. The van der Waals surface area contributed by atoms with Gasteiger partial charge in [-0.05, 0) is 31.2 Å². The first-order chi connectivity index (χ1) is 15.1. The van der Waals surface area contributed by atoms with Crippen LogP contribution in [0.4, 0.5) is 0 Å². The van der Waals surface area contributed by atoms with Crippen LogP contribution in [0, 0.1) is 11.3 Å². The summed E-state index contributed by atoms with van der Waals surface area (Å²) in [6.45, 7) is 2.32. The minimum Gasteiger partial charge on any atom is -0.493 e. The molecule has 0 spiro atoms. The van der Waals surface area contributed by atoms with Crippen molar-refractivity contribution in [2.24, 2.45) is 7.05 Å². The van der Waals surface area contributed by atoms with Gasteiger partial charge in [0.1, 0.15) is 23.3 Å². The van der Waals surface area contributed by atoms with Crippen LogP contribution in [0.1, 0.15) is 12.5 Å². The lowest BCUT2D eigenvalue weighted by atomic mass is 10.1. The third kappa shape index (κ3) is 4.05. The quantitative estimate of drug-likeness (QED) is 0.472. The predicted octanol–water partition coefficient (Wildman–Crippen LogP) is 4.30. The Balaban J connectivity index is 1.74. The normalized spacial score (nSPS) is 10.5. The highest BCUT2D eigenvalue weighted by Gasteiger charge is 2.14. The van der Waals surface area contributed by atoms with Gasteiger partial charge in [0.05, 0.1) is 18.4 Å². The third-order valence-corrected chi connectivity index (χ3v) is 4.72. The zero-order valence-corrected chi connectivity index (χ0v) is 17.1. The molecular formula is C24H20N4O3. The van der Waals surface area contributed by atoms with Gasteiger partial charge in [-0.1, -0.05) is 24.3 Å². The second-order valence-electron chi connectivity index (χ2n) is 6.78. The molecule has 0 fully saturated rings. The second kappa shape index (κ2) is 8.59. The van der Waals surface area contributed by atoms with Crippen LogP contribution in [0.25, 0.3) is 16.8 Å². The van der Waals surface area contributed by atoms with Crippen molar-refractivity contribution < 1.29 is 9.47 Å². The number of para-hydroxylation sites is 3. The summed E-state index contributed by atoms with van der Waals surface area (Å²) in [6.07, 6.45) is 5.29. The molecule has 0 aliphatic rings. The van der Waals surface area contributed by atoms with Gasteiger partial charge in [0.15, 0.2) is 5.75 Å². The monoisotopic (exact) mass is 412 g/mol. The zero-order chi connectivity index (χ0) is 21.8. The number of benzene rings is 2. The summed E-state index contributed by atoms with van der Waals surface area (Å²) in [4.78, 5) is 12.0. The Morgan fingerprint density at radius 1 is 1.03 bits per heavy atom. The summed E-state index contributed by atoms with van der Waals surface area (Å²) >= 11 is 0. The summed E-state index contributed by atoms with van der Waals surface area (Å²) in [7, 11) is 1.70. The summed E-state index contributed by atoms with van der Waals surface area (Å²) in [5.41, 5.74) is 2.58. The first-order valence-electron chi connectivity index (χ1n) is 9.75. The van der Waals surface area contributed by atoms with Gasteiger partial charge in [-0.2, -0.15) is 10.4 Å². The molecule has 7 nitrogen and oxygen atoms in total. The number of aryl methyl sites for hydroxylation is 1. The number of hydrogen-bond acceptors (Lipinski definition) is 5. The molecule has 0 saturated heterocycles. The average molecular weight is 412 g/mol. The van der Waals surface area contributed by atoms with E-state index < -0.39 is 0 Å². The number of rotatable bonds is 6. The fourth-order valence-corrected chi connectivity index (χ4v) is 3.20. The highest BCUT2D eigenvalue weighted by atomic mass is 16.5.